The first-order valence-corrected chi connectivity index (χ1v) is 6.72. The Morgan fingerprint density at radius 3 is 2.53 bits per heavy atom. The number of imidazole rings is 1. The van der Waals surface area contributed by atoms with Gasteiger partial charge in [-0.2, -0.15) is 0 Å². The van der Waals surface area contributed by atoms with Crippen LogP contribution in [0.5, 0.6) is 0 Å². The highest BCUT2D eigenvalue weighted by molar-refractivity contribution is 9.10. The van der Waals surface area contributed by atoms with Crippen molar-refractivity contribution in [1.29, 1.82) is 0 Å². The second-order valence-corrected chi connectivity index (χ2v) is 5.75. The van der Waals surface area contributed by atoms with Gasteiger partial charge in [0.2, 0.25) is 5.95 Å². The summed E-state index contributed by atoms with van der Waals surface area (Å²) < 4.78 is 3.32. The van der Waals surface area contributed by atoms with E-state index in [-0.39, 0.29) is 0 Å². The van der Waals surface area contributed by atoms with Crippen LogP contribution in [0.25, 0.3) is 11.0 Å². The van der Waals surface area contributed by atoms with Gasteiger partial charge in [0.25, 0.3) is 0 Å². The van der Waals surface area contributed by atoms with Gasteiger partial charge in [0.05, 0.1) is 11.0 Å². The number of rotatable bonds is 3. The molecule has 0 atom stereocenters. The molecular formula is C13H18BrN3. The molecule has 0 aliphatic rings. The molecule has 0 amide bonds. The zero-order valence-electron chi connectivity index (χ0n) is 10.7. The van der Waals surface area contributed by atoms with Crippen LogP contribution in [0.3, 0.4) is 0 Å². The van der Waals surface area contributed by atoms with Gasteiger partial charge < -0.3 is 9.88 Å². The van der Waals surface area contributed by atoms with E-state index in [1.54, 1.807) is 0 Å². The molecule has 0 unspecified atom stereocenters. The lowest BCUT2D eigenvalue weighted by Gasteiger charge is -2.15. The van der Waals surface area contributed by atoms with Gasteiger partial charge in [0.1, 0.15) is 0 Å². The molecule has 0 radical (unpaired) electrons. The number of hydrogen-bond donors (Lipinski definition) is 1. The fourth-order valence-electron chi connectivity index (χ4n) is 1.95. The van der Waals surface area contributed by atoms with Gasteiger partial charge in [-0.1, -0.05) is 15.9 Å². The molecule has 1 aromatic carbocycles. The molecule has 0 bridgehead atoms. The molecule has 0 saturated carbocycles. The number of hydrogen-bond acceptors (Lipinski definition) is 2. The van der Waals surface area contributed by atoms with Crippen LogP contribution in [-0.4, -0.2) is 15.6 Å². The lowest BCUT2D eigenvalue weighted by atomic mass is 10.3. The molecule has 2 rings (SSSR count). The van der Waals surface area contributed by atoms with E-state index in [9.17, 15) is 0 Å². The van der Waals surface area contributed by atoms with E-state index in [1.807, 2.05) is 12.1 Å². The van der Waals surface area contributed by atoms with Crippen LogP contribution in [0.2, 0.25) is 0 Å². The Bertz CT molecular complexity index is 529. The van der Waals surface area contributed by atoms with Crippen LogP contribution in [0, 0.1) is 0 Å². The minimum Gasteiger partial charge on any atom is -0.353 e. The van der Waals surface area contributed by atoms with Crippen molar-refractivity contribution < 1.29 is 0 Å². The third-order valence-corrected chi connectivity index (χ3v) is 3.08. The van der Waals surface area contributed by atoms with Crippen LogP contribution in [0.4, 0.5) is 5.95 Å². The highest BCUT2D eigenvalue weighted by atomic mass is 79.9. The van der Waals surface area contributed by atoms with Crippen molar-refractivity contribution in [2.75, 3.05) is 5.32 Å². The maximum Gasteiger partial charge on any atom is 0.204 e. The van der Waals surface area contributed by atoms with E-state index in [4.69, 9.17) is 0 Å². The number of halogens is 1. The van der Waals surface area contributed by atoms with E-state index >= 15 is 0 Å². The summed E-state index contributed by atoms with van der Waals surface area (Å²) in [6, 6.07) is 6.96. The summed E-state index contributed by atoms with van der Waals surface area (Å²) in [6.07, 6.45) is 0. The van der Waals surface area contributed by atoms with Crippen LogP contribution in [0.1, 0.15) is 33.7 Å². The van der Waals surface area contributed by atoms with Crippen LogP contribution >= 0.6 is 15.9 Å². The van der Waals surface area contributed by atoms with Crippen molar-refractivity contribution in [3.8, 4) is 0 Å². The Labute approximate surface area is 110 Å². The molecule has 92 valence electrons. The van der Waals surface area contributed by atoms with E-state index in [0.29, 0.717) is 12.1 Å². The van der Waals surface area contributed by atoms with Crippen LogP contribution in [-0.2, 0) is 0 Å². The monoisotopic (exact) mass is 295 g/mol. The minimum absolute atomic E-state index is 0.382. The van der Waals surface area contributed by atoms with E-state index in [1.165, 1.54) is 0 Å². The molecule has 1 heterocycles. The first kappa shape index (κ1) is 12.4. The molecule has 4 heteroatoms. The molecule has 1 aromatic heterocycles. The Morgan fingerprint density at radius 1 is 1.24 bits per heavy atom. The first-order chi connectivity index (χ1) is 7.99. The summed E-state index contributed by atoms with van der Waals surface area (Å²) in [5.74, 6) is 0.947. The van der Waals surface area contributed by atoms with Crippen LogP contribution in [0.15, 0.2) is 22.7 Å². The SMILES string of the molecule is CC(C)Nc1nc2ccc(Br)cc2n1C(C)C. The van der Waals surface area contributed by atoms with Gasteiger partial charge >= 0.3 is 0 Å². The molecule has 0 spiro atoms. The van der Waals surface area contributed by atoms with Crippen molar-refractivity contribution in [2.45, 2.75) is 39.8 Å². The molecule has 2 aromatic rings. The number of anilines is 1. The number of nitrogens with one attached hydrogen (secondary N) is 1. The molecule has 0 aliphatic heterocycles. The second kappa shape index (κ2) is 4.69. The zero-order chi connectivity index (χ0) is 12.6. The summed E-state index contributed by atoms with van der Waals surface area (Å²) in [6.45, 7) is 8.60. The minimum atomic E-state index is 0.382. The maximum atomic E-state index is 4.65. The third-order valence-electron chi connectivity index (χ3n) is 2.59. The molecule has 0 saturated heterocycles. The molecule has 3 nitrogen and oxygen atoms in total. The summed E-state index contributed by atoms with van der Waals surface area (Å²) in [5.41, 5.74) is 2.20. The van der Waals surface area contributed by atoms with Crippen LogP contribution < -0.4 is 5.32 Å². The lowest BCUT2D eigenvalue weighted by molar-refractivity contribution is 0.618. The fourth-order valence-corrected chi connectivity index (χ4v) is 2.30. The molecular weight excluding hydrogens is 278 g/mol. The van der Waals surface area contributed by atoms with Crippen molar-refractivity contribution in [3.05, 3.63) is 22.7 Å². The van der Waals surface area contributed by atoms with Gasteiger partial charge in [-0.3, -0.25) is 0 Å². The Morgan fingerprint density at radius 2 is 1.94 bits per heavy atom. The third kappa shape index (κ3) is 2.46. The van der Waals surface area contributed by atoms with Gasteiger partial charge in [0.15, 0.2) is 0 Å². The predicted molar refractivity (Wildman–Crippen MR) is 76.6 cm³/mol. The first-order valence-electron chi connectivity index (χ1n) is 5.93. The van der Waals surface area contributed by atoms with Gasteiger partial charge in [-0.05, 0) is 45.9 Å². The lowest BCUT2D eigenvalue weighted by Crippen LogP contribution is -2.15. The highest BCUT2D eigenvalue weighted by Gasteiger charge is 2.13. The summed E-state index contributed by atoms with van der Waals surface area (Å²) in [4.78, 5) is 4.65. The van der Waals surface area contributed by atoms with E-state index in [0.717, 1.165) is 21.5 Å². The van der Waals surface area contributed by atoms with Gasteiger partial charge in [-0.25, -0.2) is 4.98 Å². The number of nitrogens with zero attached hydrogens (tertiary/aromatic N) is 2. The summed E-state index contributed by atoms with van der Waals surface area (Å²) >= 11 is 3.51. The highest BCUT2D eigenvalue weighted by Crippen LogP contribution is 2.27. The normalized spacial score (nSPS) is 11.7. The summed E-state index contributed by atoms with van der Waals surface area (Å²) in [7, 11) is 0. The molecule has 17 heavy (non-hydrogen) atoms. The average molecular weight is 296 g/mol. The smallest absolute Gasteiger partial charge is 0.204 e. The number of aromatic nitrogens is 2. The Kier molecular flexibility index (Phi) is 3.43. The number of fused-ring (bicyclic) bond motifs is 1. The van der Waals surface area contributed by atoms with Crippen molar-refractivity contribution >= 4 is 32.9 Å². The van der Waals surface area contributed by atoms with Gasteiger partial charge in [0, 0.05) is 16.6 Å². The number of benzene rings is 1. The second-order valence-electron chi connectivity index (χ2n) is 4.83. The van der Waals surface area contributed by atoms with E-state index < -0.39 is 0 Å². The average Bonchev–Trinajstić information content (AvgIpc) is 2.53. The Hall–Kier alpha value is -1.03. The standard InChI is InChI=1S/C13H18BrN3/c1-8(2)15-13-16-11-6-5-10(14)7-12(11)17(13)9(3)4/h5-9H,1-4H3,(H,15,16). The fraction of sp³-hybridized carbons (Fsp3) is 0.462. The molecule has 0 fully saturated rings. The predicted octanol–water partition coefficient (Wildman–Crippen LogP) is 4.20. The quantitative estimate of drug-likeness (QED) is 0.920. The largest absolute Gasteiger partial charge is 0.353 e. The topological polar surface area (TPSA) is 29.9 Å². The molecule has 1 N–H and O–H groups in total. The van der Waals surface area contributed by atoms with Gasteiger partial charge in [-0.15, -0.1) is 0 Å². The summed E-state index contributed by atoms with van der Waals surface area (Å²) in [5, 5.41) is 3.40. The van der Waals surface area contributed by atoms with Crippen molar-refractivity contribution in [2.24, 2.45) is 0 Å². The Balaban J connectivity index is 2.63. The molecule has 0 aliphatic carbocycles. The van der Waals surface area contributed by atoms with E-state index in [2.05, 4.69) is 64.6 Å². The van der Waals surface area contributed by atoms with Crippen molar-refractivity contribution in [3.63, 3.8) is 0 Å². The van der Waals surface area contributed by atoms with Crippen molar-refractivity contribution in [1.82, 2.24) is 9.55 Å². The zero-order valence-corrected chi connectivity index (χ0v) is 12.2. The maximum absolute atomic E-state index is 4.65.